The summed E-state index contributed by atoms with van der Waals surface area (Å²) < 4.78 is 243. The minimum atomic E-state index is -7.38. The summed E-state index contributed by atoms with van der Waals surface area (Å²) in [6, 6.07) is 0. The van der Waals surface area contributed by atoms with Gasteiger partial charge in [-0.3, -0.25) is 9.59 Å². The monoisotopic (exact) mass is 606 g/mol. The lowest BCUT2D eigenvalue weighted by atomic mass is 9.75. The molecule has 0 unspecified atom stereocenters. The summed E-state index contributed by atoms with van der Waals surface area (Å²) in [7, 11) is 0. The molecular formula is C13H6F20O4. The second kappa shape index (κ2) is 10.0. The topological polar surface area (TPSA) is 74.6 Å². The van der Waals surface area contributed by atoms with Gasteiger partial charge in [-0.1, -0.05) is 0 Å². The molecule has 0 fully saturated rings. The van der Waals surface area contributed by atoms with Gasteiger partial charge in [-0.15, -0.1) is 0 Å². The highest BCUT2D eigenvalue weighted by Crippen LogP contribution is 2.65. The van der Waals surface area contributed by atoms with E-state index in [1.54, 1.807) is 0 Å². The molecule has 0 bridgehead atoms. The lowest BCUT2D eigenvalue weighted by Gasteiger charge is -2.41. The number of rotatable bonds is 5. The van der Waals surface area contributed by atoms with Gasteiger partial charge >= 0.3 is 54.9 Å². The number of hydrogen-bond donors (Lipinski definition) is 2. The van der Waals surface area contributed by atoms with Crippen molar-refractivity contribution in [2.24, 2.45) is 10.8 Å². The molecule has 0 aromatic heterocycles. The van der Waals surface area contributed by atoms with E-state index in [0.717, 1.165) is 0 Å². The zero-order valence-electron chi connectivity index (χ0n) is 16.2. The Hall–Kier alpha value is -2.46. The third kappa shape index (κ3) is 6.71. The fourth-order valence-electron chi connectivity index (χ4n) is 2.31. The van der Waals surface area contributed by atoms with Crippen molar-refractivity contribution in [3.05, 3.63) is 0 Å². The average molecular weight is 606 g/mol. The van der Waals surface area contributed by atoms with Gasteiger partial charge in [-0.2, -0.15) is 87.8 Å². The number of carbonyl (C=O) groups is 2. The van der Waals surface area contributed by atoms with Gasteiger partial charge in [0.1, 0.15) is 0 Å². The normalized spacial score (nSPS) is 15.1. The number of carboxylic acid groups (broad SMARTS) is 2. The molecule has 0 rings (SSSR count). The Bertz CT molecular complexity index is 755. The molecule has 0 saturated heterocycles. The quantitative estimate of drug-likeness (QED) is 0.334. The number of aliphatic carboxylic acids is 2. The summed E-state index contributed by atoms with van der Waals surface area (Å²) in [5.74, 6) is -13.4. The predicted molar refractivity (Wildman–Crippen MR) is 70.6 cm³/mol. The van der Waals surface area contributed by atoms with Crippen molar-refractivity contribution in [3.8, 4) is 0 Å². The number of halogens is 20. The Balaban J connectivity index is 0. The largest absolute Gasteiger partial charge is 0.481 e. The summed E-state index contributed by atoms with van der Waals surface area (Å²) >= 11 is 0. The van der Waals surface area contributed by atoms with E-state index in [2.05, 4.69) is 0 Å². The van der Waals surface area contributed by atoms with E-state index in [-0.39, 0.29) is 0 Å². The summed E-state index contributed by atoms with van der Waals surface area (Å²) in [5, 5.41) is 15.7. The van der Waals surface area contributed by atoms with Crippen LogP contribution in [0.4, 0.5) is 87.8 Å². The fourth-order valence-corrected chi connectivity index (χ4v) is 2.31. The fraction of sp³-hybridized carbons (Fsp3) is 0.846. The van der Waals surface area contributed by atoms with Crippen molar-refractivity contribution in [1.29, 1.82) is 0 Å². The second-order valence-electron chi connectivity index (χ2n) is 6.51. The van der Waals surface area contributed by atoms with Gasteiger partial charge < -0.3 is 10.2 Å². The molecule has 0 aliphatic rings. The van der Waals surface area contributed by atoms with E-state index < -0.39 is 78.6 Å². The zero-order valence-corrected chi connectivity index (χ0v) is 16.2. The van der Waals surface area contributed by atoms with Crippen LogP contribution < -0.4 is 0 Å². The summed E-state index contributed by atoms with van der Waals surface area (Å²) in [6.45, 7) is 0. The predicted octanol–water partition coefficient (Wildman–Crippen LogP) is 6.90. The minimum absolute atomic E-state index is 2.86. The van der Waals surface area contributed by atoms with Crippen LogP contribution in [0.15, 0.2) is 0 Å². The highest BCUT2D eigenvalue weighted by atomic mass is 19.4. The van der Waals surface area contributed by atoms with E-state index >= 15 is 0 Å². The van der Waals surface area contributed by atoms with Gasteiger partial charge in [0.2, 0.25) is 5.41 Å². The van der Waals surface area contributed by atoms with Gasteiger partial charge in [0.15, 0.2) is 0 Å². The summed E-state index contributed by atoms with van der Waals surface area (Å²) in [4.78, 5) is 19.8. The van der Waals surface area contributed by atoms with Crippen LogP contribution in [0, 0.1) is 10.8 Å². The van der Waals surface area contributed by atoms with Crippen LogP contribution >= 0.6 is 0 Å². The first-order valence-corrected chi connectivity index (χ1v) is 7.80. The minimum Gasteiger partial charge on any atom is -0.481 e. The summed E-state index contributed by atoms with van der Waals surface area (Å²) in [5.41, 5.74) is -13.0. The molecule has 0 atom stereocenters. The number of hydrogen-bond acceptors (Lipinski definition) is 2. The lowest BCUT2D eigenvalue weighted by molar-refractivity contribution is -0.447. The van der Waals surface area contributed by atoms with E-state index in [4.69, 9.17) is 10.2 Å². The Morgan fingerprint density at radius 2 is 0.568 bits per heavy atom. The van der Waals surface area contributed by atoms with Crippen molar-refractivity contribution in [1.82, 2.24) is 0 Å². The molecule has 2 N–H and O–H groups in total. The van der Waals surface area contributed by atoms with E-state index in [1.807, 2.05) is 0 Å². The maximum atomic E-state index is 12.8. The van der Waals surface area contributed by atoms with Gasteiger partial charge in [-0.05, 0) is 0 Å². The molecule has 0 amide bonds. The molecule has 0 heterocycles. The maximum absolute atomic E-state index is 12.8. The van der Waals surface area contributed by atoms with Crippen LogP contribution in [-0.2, 0) is 9.59 Å². The van der Waals surface area contributed by atoms with Gasteiger partial charge in [0.05, 0.1) is 12.8 Å². The smallest absolute Gasteiger partial charge is 0.454 e. The van der Waals surface area contributed by atoms with E-state index in [0.29, 0.717) is 0 Å². The molecule has 0 saturated carbocycles. The van der Waals surface area contributed by atoms with Crippen molar-refractivity contribution in [3.63, 3.8) is 0 Å². The molecule has 0 aromatic rings. The molecule has 4 nitrogen and oxygen atoms in total. The molecule has 0 radical (unpaired) electrons. The Kier molecular flexibility index (Phi) is 9.94. The second-order valence-corrected chi connectivity index (χ2v) is 6.51. The van der Waals surface area contributed by atoms with Crippen LogP contribution in [-0.4, -0.2) is 65.1 Å². The molecule has 0 aliphatic heterocycles. The van der Waals surface area contributed by atoms with Crippen LogP contribution in [0.5, 0.6) is 0 Å². The third-order valence-electron chi connectivity index (χ3n) is 4.14. The zero-order chi connectivity index (χ0) is 31.1. The SMILES string of the molecule is O=C(O)CC(C(F)(F)F)(C(F)(F)F)C(F)(F)C(F)(F)F.O=C(O)CC(C(F)(F)F)(C(F)(F)F)C(F)(F)F. The van der Waals surface area contributed by atoms with E-state index in [1.165, 1.54) is 0 Å². The first kappa shape index (κ1) is 36.7. The van der Waals surface area contributed by atoms with Crippen molar-refractivity contribution >= 4 is 11.9 Å². The number of carboxylic acids is 2. The lowest BCUT2D eigenvalue weighted by Crippen LogP contribution is -2.66. The molecule has 24 heteroatoms. The first-order chi connectivity index (χ1) is 15.6. The first-order valence-electron chi connectivity index (χ1n) is 7.80. The van der Waals surface area contributed by atoms with Crippen molar-refractivity contribution in [2.75, 3.05) is 0 Å². The highest BCUT2D eigenvalue weighted by Gasteiger charge is 2.89. The van der Waals surface area contributed by atoms with Crippen LogP contribution in [0.2, 0.25) is 0 Å². The molecule has 0 spiro atoms. The highest BCUT2D eigenvalue weighted by molar-refractivity contribution is 5.68. The molecule has 0 aliphatic carbocycles. The molecular weight excluding hydrogens is 600 g/mol. The van der Waals surface area contributed by atoms with Crippen LogP contribution in [0.25, 0.3) is 0 Å². The van der Waals surface area contributed by atoms with Gasteiger partial charge in [0, 0.05) is 0 Å². The summed E-state index contributed by atoms with van der Waals surface area (Å²) in [6.07, 6.45) is -48.8. The van der Waals surface area contributed by atoms with Crippen molar-refractivity contribution < 1.29 is 108 Å². The third-order valence-corrected chi connectivity index (χ3v) is 4.14. The van der Waals surface area contributed by atoms with Crippen LogP contribution in [0.1, 0.15) is 12.8 Å². The Morgan fingerprint density at radius 3 is 0.676 bits per heavy atom. The van der Waals surface area contributed by atoms with E-state index in [9.17, 15) is 97.4 Å². The standard InChI is InChI=1S/C7H3F11O2.C6H3F9O2/c8-4(9,7(16,17)18)3(1-2(19)20,5(10,11)12)6(13,14)15;7-4(8,9)3(1-2(16)17,5(10,11)12)6(13,14)15/h1H2,(H,19,20);1H2,(H,16,17). The average Bonchev–Trinajstić information content (AvgIpc) is 2.50. The van der Waals surface area contributed by atoms with Gasteiger partial charge in [0.25, 0.3) is 5.41 Å². The van der Waals surface area contributed by atoms with Crippen LogP contribution in [0.3, 0.4) is 0 Å². The number of alkyl halides is 20. The molecule has 222 valence electrons. The Labute approximate surface area is 187 Å². The maximum Gasteiger partial charge on any atom is 0.454 e. The molecule has 0 aromatic carbocycles. The Morgan fingerprint density at radius 1 is 0.378 bits per heavy atom. The molecule has 37 heavy (non-hydrogen) atoms. The van der Waals surface area contributed by atoms with Crippen molar-refractivity contribution in [2.45, 2.75) is 55.8 Å². The van der Waals surface area contributed by atoms with Gasteiger partial charge in [-0.25, -0.2) is 0 Å².